The molecule has 0 aromatic heterocycles. The molecule has 1 fully saturated rings. The first-order valence-electron chi connectivity index (χ1n) is 8.27. The number of rotatable bonds is 7. The zero-order valence-corrected chi connectivity index (χ0v) is 14.5. The van der Waals surface area contributed by atoms with Crippen LogP contribution in [0.1, 0.15) is 18.4 Å². The molecule has 0 bridgehead atoms. The highest BCUT2D eigenvalue weighted by Crippen LogP contribution is 2.29. The first-order valence-corrected chi connectivity index (χ1v) is 8.27. The van der Waals surface area contributed by atoms with Crippen molar-refractivity contribution < 1.29 is 32.2 Å². The Balaban J connectivity index is 1.91. The van der Waals surface area contributed by atoms with Gasteiger partial charge in [-0.25, -0.2) is 0 Å². The number of carbonyl (C=O) groups is 1. The third-order valence-electron chi connectivity index (χ3n) is 4.16. The molecule has 2 rings (SSSR count). The molecule has 0 aliphatic carbocycles. The minimum Gasteiger partial charge on any atom is -0.493 e. The van der Waals surface area contributed by atoms with Gasteiger partial charge in [-0.05, 0) is 36.5 Å². The standard InChI is InChI=1S/C17H23F3N2O4/c1-24-14-8-11(2-3-13(14)26-10-17(18,19)20)9-22-16(23)15(21)12-4-6-25-7-5-12/h2-3,8,12,15H,4-7,9-10,21H2,1H3,(H,22,23). The maximum atomic E-state index is 12.3. The Bertz CT molecular complexity index is 604. The summed E-state index contributed by atoms with van der Waals surface area (Å²) < 4.78 is 51.8. The quantitative estimate of drug-likeness (QED) is 0.761. The van der Waals surface area contributed by atoms with Crippen LogP contribution in [-0.2, 0) is 16.1 Å². The third kappa shape index (κ3) is 6.06. The van der Waals surface area contributed by atoms with Crippen LogP contribution in [0.5, 0.6) is 11.5 Å². The van der Waals surface area contributed by atoms with Crippen LogP contribution in [-0.4, -0.2) is 45.1 Å². The van der Waals surface area contributed by atoms with Crippen LogP contribution in [0.25, 0.3) is 0 Å². The summed E-state index contributed by atoms with van der Waals surface area (Å²) >= 11 is 0. The Morgan fingerprint density at radius 3 is 2.65 bits per heavy atom. The van der Waals surface area contributed by atoms with Gasteiger partial charge in [0.25, 0.3) is 0 Å². The number of methoxy groups -OCH3 is 1. The maximum absolute atomic E-state index is 12.3. The van der Waals surface area contributed by atoms with E-state index in [9.17, 15) is 18.0 Å². The van der Waals surface area contributed by atoms with Crippen molar-refractivity contribution in [3.05, 3.63) is 23.8 Å². The van der Waals surface area contributed by atoms with Gasteiger partial charge >= 0.3 is 6.18 Å². The van der Waals surface area contributed by atoms with Crippen LogP contribution in [0.3, 0.4) is 0 Å². The Labute approximate surface area is 149 Å². The van der Waals surface area contributed by atoms with Crippen molar-refractivity contribution in [1.29, 1.82) is 0 Å². The number of hydrogen-bond donors (Lipinski definition) is 2. The molecule has 1 atom stereocenters. The minimum absolute atomic E-state index is 0.0150. The lowest BCUT2D eigenvalue weighted by Crippen LogP contribution is -2.46. The van der Waals surface area contributed by atoms with E-state index < -0.39 is 18.8 Å². The molecule has 3 N–H and O–H groups in total. The van der Waals surface area contributed by atoms with Crippen LogP contribution in [0.15, 0.2) is 18.2 Å². The van der Waals surface area contributed by atoms with Crippen molar-refractivity contribution in [1.82, 2.24) is 5.32 Å². The molecule has 1 amide bonds. The predicted molar refractivity (Wildman–Crippen MR) is 87.9 cm³/mol. The number of nitrogens with two attached hydrogens (primary N) is 1. The van der Waals surface area contributed by atoms with E-state index >= 15 is 0 Å². The normalized spacial score (nSPS) is 16.8. The number of carbonyl (C=O) groups excluding carboxylic acids is 1. The summed E-state index contributed by atoms with van der Waals surface area (Å²) in [5.74, 6) is -0.0433. The topological polar surface area (TPSA) is 82.8 Å². The van der Waals surface area contributed by atoms with E-state index in [-0.39, 0.29) is 29.9 Å². The van der Waals surface area contributed by atoms with Gasteiger partial charge in [0.1, 0.15) is 0 Å². The summed E-state index contributed by atoms with van der Waals surface area (Å²) in [5.41, 5.74) is 6.66. The SMILES string of the molecule is COc1cc(CNC(=O)C(N)C2CCOCC2)ccc1OCC(F)(F)F. The molecule has 0 radical (unpaired) electrons. The Hall–Kier alpha value is -2.00. The van der Waals surface area contributed by atoms with Crippen LogP contribution in [0.4, 0.5) is 13.2 Å². The van der Waals surface area contributed by atoms with Gasteiger partial charge in [0.05, 0.1) is 13.2 Å². The lowest BCUT2D eigenvalue weighted by Gasteiger charge is -2.26. The zero-order valence-electron chi connectivity index (χ0n) is 14.5. The maximum Gasteiger partial charge on any atom is 0.422 e. The average Bonchev–Trinajstić information content (AvgIpc) is 2.64. The number of amides is 1. The molecule has 146 valence electrons. The van der Waals surface area contributed by atoms with Gasteiger partial charge in [-0.15, -0.1) is 0 Å². The number of benzene rings is 1. The van der Waals surface area contributed by atoms with E-state index in [1.54, 1.807) is 6.07 Å². The number of halogens is 3. The Kier molecular flexibility index (Phi) is 7.10. The average molecular weight is 376 g/mol. The van der Waals surface area contributed by atoms with E-state index in [0.717, 1.165) is 12.8 Å². The molecule has 0 spiro atoms. The van der Waals surface area contributed by atoms with Gasteiger partial charge in [-0.3, -0.25) is 4.79 Å². The molecule has 0 saturated carbocycles. The highest BCUT2D eigenvalue weighted by Gasteiger charge is 2.29. The van der Waals surface area contributed by atoms with Crippen LogP contribution >= 0.6 is 0 Å². The second-order valence-electron chi connectivity index (χ2n) is 6.08. The fourth-order valence-electron chi connectivity index (χ4n) is 2.70. The molecule has 26 heavy (non-hydrogen) atoms. The zero-order chi connectivity index (χ0) is 19.2. The van der Waals surface area contributed by atoms with Crippen molar-refractivity contribution in [2.75, 3.05) is 26.9 Å². The van der Waals surface area contributed by atoms with Crippen LogP contribution in [0.2, 0.25) is 0 Å². The second-order valence-corrected chi connectivity index (χ2v) is 6.08. The highest BCUT2D eigenvalue weighted by atomic mass is 19.4. The van der Waals surface area contributed by atoms with Gasteiger partial charge in [0.15, 0.2) is 18.1 Å². The molecule has 1 unspecified atom stereocenters. The van der Waals surface area contributed by atoms with Crippen molar-refractivity contribution in [2.24, 2.45) is 11.7 Å². The summed E-state index contributed by atoms with van der Waals surface area (Å²) in [4.78, 5) is 12.2. The Morgan fingerprint density at radius 2 is 2.04 bits per heavy atom. The fraction of sp³-hybridized carbons (Fsp3) is 0.588. The van der Waals surface area contributed by atoms with Crippen LogP contribution < -0.4 is 20.5 Å². The molecular weight excluding hydrogens is 353 g/mol. The molecule has 1 heterocycles. The first kappa shape index (κ1) is 20.3. The third-order valence-corrected chi connectivity index (χ3v) is 4.16. The number of nitrogens with one attached hydrogen (secondary N) is 1. The van der Waals surface area contributed by atoms with Crippen molar-refractivity contribution in [2.45, 2.75) is 31.6 Å². The lowest BCUT2D eigenvalue weighted by atomic mass is 9.92. The van der Waals surface area contributed by atoms with Crippen molar-refractivity contribution in [3.8, 4) is 11.5 Å². The summed E-state index contributed by atoms with van der Waals surface area (Å²) in [5, 5.41) is 2.74. The second kappa shape index (κ2) is 9.09. The number of hydrogen-bond acceptors (Lipinski definition) is 5. The van der Waals surface area contributed by atoms with Crippen molar-refractivity contribution >= 4 is 5.91 Å². The van der Waals surface area contributed by atoms with Gasteiger partial charge in [0.2, 0.25) is 5.91 Å². The smallest absolute Gasteiger partial charge is 0.422 e. The number of ether oxygens (including phenoxy) is 3. The molecular formula is C17H23F3N2O4. The van der Waals surface area contributed by atoms with E-state index in [2.05, 4.69) is 5.32 Å². The molecule has 9 heteroatoms. The predicted octanol–water partition coefficient (Wildman–Crippen LogP) is 2.01. The van der Waals surface area contributed by atoms with Crippen LogP contribution in [0, 0.1) is 5.92 Å². The summed E-state index contributed by atoms with van der Waals surface area (Å²) in [6, 6.07) is 3.85. The highest BCUT2D eigenvalue weighted by molar-refractivity contribution is 5.81. The van der Waals surface area contributed by atoms with Gasteiger partial charge < -0.3 is 25.3 Å². The van der Waals surface area contributed by atoms with E-state index in [1.165, 1.54) is 19.2 Å². The Morgan fingerprint density at radius 1 is 1.35 bits per heavy atom. The number of alkyl halides is 3. The van der Waals surface area contributed by atoms with Gasteiger partial charge in [0, 0.05) is 19.8 Å². The molecule has 1 saturated heterocycles. The van der Waals surface area contributed by atoms with Gasteiger partial charge in [-0.2, -0.15) is 13.2 Å². The summed E-state index contributed by atoms with van der Waals surface area (Å²) in [6.07, 6.45) is -2.95. The van der Waals surface area contributed by atoms with E-state index in [1.807, 2.05) is 0 Å². The van der Waals surface area contributed by atoms with E-state index in [0.29, 0.717) is 18.8 Å². The minimum atomic E-state index is -4.43. The van der Waals surface area contributed by atoms with Crippen molar-refractivity contribution in [3.63, 3.8) is 0 Å². The molecule has 1 aliphatic heterocycles. The first-order chi connectivity index (χ1) is 12.3. The van der Waals surface area contributed by atoms with Gasteiger partial charge in [-0.1, -0.05) is 6.07 Å². The molecule has 1 aromatic rings. The molecule has 1 aromatic carbocycles. The van der Waals surface area contributed by atoms with E-state index in [4.69, 9.17) is 19.9 Å². The lowest BCUT2D eigenvalue weighted by molar-refractivity contribution is -0.153. The molecule has 6 nitrogen and oxygen atoms in total. The summed E-state index contributed by atoms with van der Waals surface area (Å²) in [7, 11) is 1.33. The molecule has 1 aliphatic rings. The summed E-state index contributed by atoms with van der Waals surface area (Å²) in [6.45, 7) is -0.0183. The monoisotopic (exact) mass is 376 g/mol. The largest absolute Gasteiger partial charge is 0.493 e. The fourth-order valence-corrected chi connectivity index (χ4v) is 2.70.